The van der Waals surface area contributed by atoms with E-state index in [1.807, 2.05) is 6.26 Å². The molecule has 5 rings (SSSR count). The maximum Gasteiger partial charge on any atom is 0.160 e. The van der Waals surface area contributed by atoms with Crippen molar-refractivity contribution >= 4 is 17.5 Å². The number of carbonyl (C=O) groups is 1. The Morgan fingerprint density at radius 3 is 2.61 bits per heavy atom. The number of alkyl halides is 2. The largest absolute Gasteiger partial charge is 0.390 e. The fourth-order valence-electron chi connectivity index (χ4n) is 8.51. The molecule has 4 nitrogen and oxygen atoms in total. The van der Waals surface area contributed by atoms with Gasteiger partial charge in [-0.2, -0.15) is 0 Å². The number of thioether (sulfide) groups is 1. The van der Waals surface area contributed by atoms with Crippen LogP contribution < -0.4 is 0 Å². The fraction of sp³-hybridized carbons (Fsp3) is 0.958. The molecule has 1 saturated heterocycles. The highest BCUT2D eigenvalue weighted by atomic mass is 32.2. The Hall–Kier alpha value is -0.240. The van der Waals surface area contributed by atoms with E-state index in [-0.39, 0.29) is 49.8 Å². The van der Waals surface area contributed by atoms with Gasteiger partial charge in [0.25, 0.3) is 0 Å². The Morgan fingerprint density at radius 2 is 1.94 bits per heavy atom. The normalized spacial score (nSPS) is 58.4. The number of aliphatic hydroxyl groups is 1. The second kappa shape index (κ2) is 7.13. The van der Waals surface area contributed by atoms with Crippen molar-refractivity contribution in [2.45, 2.75) is 107 Å². The van der Waals surface area contributed by atoms with Crippen LogP contribution in [-0.2, 0) is 14.3 Å². The molecule has 0 radical (unpaired) electrons. The quantitative estimate of drug-likeness (QED) is 0.657. The summed E-state index contributed by atoms with van der Waals surface area (Å²) < 4.78 is 45.6. The number of rotatable bonds is 3. The molecule has 0 aromatic carbocycles. The van der Waals surface area contributed by atoms with Gasteiger partial charge in [0.2, 0.25) is 0 Å². The number of aliphatic hydroxyl groups excluding tert-OH is 1. The summed E-state index contributed by atoms with van der Waals surface area (Å²) in [5, 5.41) is 11.4. The number of hydrogen-bond acceptors (Lipinski definition) is 5. The average molecular weight is 459 g/mol. The number of halogens is 2. The lowest BCUT2D eigenvalue weighted by atomic mass is 9.42. The summed E-state index contributed by atoms with van der Waals surface area (Å²) in [6.45, 7) is 5.98. The van der Waals surface area contributed by atoms with E-state index in [2.05, 4.69) is 13.8 Å². The van der Waals surface area contributed by atoms with Crippen molar-refractivity contribution in [3.8, 4) is 0 Å². The molecule has 2 unspecified atom stereocenters. The molecule has 0 spiro atoms. The van der Waals surface area contributed by atoms with Gasteiger partial charge in [-0.25, -0.2) is 8.78 Å². The Kier molecular flexibility index (Phi) is 5.19. The van der Waals surface area contributed by atoms with Crippen molar-refractivity contribution in [1.29, 1.82) is 0 Å². The molecule has 0 aromatic heterocycles. The van der Waals surface area contributed by atoms with E-state index >= 15 is 8.78 Å². The minimum absolute atomic E-state index is 0.0165. The lowest BCUT2D eigenvalue weighted by Gasteiger charge is -2.65. The van der Waals surface area contributed by atoms with Gasteiger partial charge in [0.05, 0.1) is 12.2 Å². The van der Waals surface area contributed by atoms with Crippen LogP contribution in [0, 0.1) is 28.6 Å². The van der Waals surface area contributed by atoms with Crippen LogP contribution in [0.15, 0.2) is 0 Å². The van der Waals surface area contributed by atoms with E-state index in [1.54, 1.807) is 18.7 Å². The van der Waals surface area contributed by atoms with Crippen LogP contribution in [0.4, 0.5) is 8.78 Å². The Labute approximate surface area is 188 Å². The fourth-order valence-corrected chi connectivity index (χ4v) is 9.83. The number of hydrogen-bond donors (Lipinski definition) is 1. The first kappa shape index (κ1) is 22.5. The summed E-state index contributed by atoms with van der Waals surface area (Å²) >= 11 is 1.61. The zero-order valence-electron chi connectivity index (χ0n) is 19.0. The number of fused-ring (bicyclic) bond motifs is 7. The number of Topliss-reactive ketones (excluding diaryl/α,β-unsaturated/α-hetero) is 1. The van der Waals surface area contributed by atoms with Crippen LogP contribution in [0.5, 0.6) is 0 Å². The molecule has 11 atom stereocenters. The summed E-state index contributed by atoms with van der Waals surface area (Å²) in [6, 6.07) is 0. The summed E-state index contributed by atoms with van der Waals surface area (Å²) in [5.41, 5.74) is -3.43. The minimum atomic E-state index is -1.90. The molecule has 4 saturated carbocycles. The van der Waals surface area contributed by atoms with Crippen molar-refractivity contribution in [1.82, 2.24) is 0 Å². The molecule has 176 valence electrons. The van der Waals surface area contributed by atoms with Crippen molar-refractivity contribution in [3.05, 3.63) is 0 Å². The Morgan fingerprint density at radius 1 is 1.19 bits per heavy atom. The molecule has 0 aromatic rings. The maximum atomic E-state index is 17.2. The molecule has 1 aliphatic heterocycles. The van der Waals surface area contributed by atoms with Gasteiger partial charge in [0, 0.05) is 35.5 Å². The summed E-state index contributed by atoms with van der Waals surface area (Å²) in [7, 11) is 0. The first-order valence-corrected chi connectivity index (χ1v) is 13.2. The van der Waals surface area contributed by atoms with E-state index in [0.29, 0.717) is 12.8 Å². The summed E-state index contributed by atoms with van der Waals surface area (Å²) in [4.78, 5) is 11.4. The predicted molar refractivity (Wildman–Crippen MR) is 115 cm³/mol. The molecule has 7 heteroatoms. The van der Waals surface area contributed by atoms with Gasteiger partial charge in [-0.3, -0.25) is 4.79 Å². The zero-order valence-corrected chi connectivity index (χ0v) is 19.9. The number of carbonyl (C=O) groups excluding carboxylic acids is 1. The van der Waals surface area contributed by atoms with Crippen LogP contribution >= 0.6 is 11.8 Å². The van der Waals surface area contributed by atoms with Crippen LogP contribution in [0.3, 0.4) is 0 Å². The van der Waals surface area contributed by atoms with E-state index in [0.717, 1.165) is 12.8 Å². The van der Waals surface area contributed by atoms with Crippen molar-refractivity contribution < 1.29 is 28.2 Å². The molecular formula is C24H36F2O4S. The standard InChI is InChI=1S/C24H36F2O4S/c1-5-6-20-29-19-11-14-15-10-17(25)16-9-13(27)7-8-21(16,2)23(15,26)18(28)12-22(14,3)24(19,30-20)31-4/h14-20,28H,5-12H2,1-4H3/t14-,15-,16?,17-,18-,19+,20?,21-,22-,23-,24+/m0/s1. The number of ketones is 1. The topological polar surface area (TPSA) is 55.8 Å². The van der Waals surface area contributed by atoms with Crippen molar-refractivity contribution in [2.24, 2.45) is 28.6 Å². The molecule has 0 bridgehead atoms. The van der Waals surface area contributed by atoms with Gasteiger partial charge < -0.3 is 14.6 Å². The third kappa shape index (κ3) is 2.61. The molecule has 1 heterocycles. The second-order valence-corrected chi connectivity index (χ2v) is 12.2. The lowest BCUT2D eigenvalue weighted by molar-refractivity contribution is -0.265. The third-order valence-corrected chi connectivity index (χ3v) is 11.5. The summed E-state index contributed by atoms with van der Waals surface area (Å²) in [6.07, 6.45) is 2.52. The monoisotopic (exact) mass is 458 g/mol. The predicted octanol–water partition coefficient (Wildman–Crippen LogP) is 4.82. The van der Waals surface area contributed by atoms with E-state index in [1.165, 1.54) is 0 Å². The molecule has 5 aliphatic rings. The molecular weight excluding hydrogens is 422 g/mol. The Balaban J connectivity index is 1.55. The maximum absolute atomic E-state index is 17.2. The van der Waals surface area contributed by atoms with Crippen molar-refractivity contribution in [3.63, 3.8) is 0 Å². The summed E-state index contributed by atoms with van der Waals surface area (Å²) in [5.74, 6) is -1.36. The SMILES string of the molecule is CCCC1O[C@@H]2C[C@H]3[C@@H]4C[C@H](F)C5CC(=O)CC[C@]5(C)[C@@]4(F)[C@@H](O)C[C@]3(C)[C@@]2(SC)O1. The van der Waals surface area contributed by atoms with Gasteiger partial charge in [-0.1, -0.05) is 27.2 Å². The van der Waals surface area contributed by atoms with Crippen LogP contribution in [0.1, 0.15) is 72.1 Å². The smallest absolute Gasteiger partial charge is 0.160 e. The number of ether oxygens (including phenoxy) is 2. The van der Waals surface area contributed by atoms with Crippen LogP contribution in [0.25, 0.3) is 0 Å². The van der Waals surface area contributed by atoms with Gasteiger partial charge in [0.15, 0.2) is 6.29 Å². The van der Waals surface area contributed by atoms with E-state index in [4.69, 9.17) is 9.47 Å². The first-order valence-electron chi connectivity index (χ1n) is 12.0. The molecule has 5 fully saturated rings. The second-order valence-electron chi connectivity index (χ2n) is 11.2. The van der Waals surface area contributed by atoms with Crippen molar-refractivity contribution in [2.75, 3.05) is 6.26 Å². The van der Waals surface area contributed by atoms with Gasteiger partial charge in [-0.15, -0.1) is 11.8 Å². The van der Waals surface area contributed by atoms with E-state index in [9.17, 15) is 9.90 Å². The molecule has 0 amide bonds. The first-order chi connectivity index (χ1) is 14.6. The lowest BCUT2D eigenvalue weighted by Crippen LogP contribution is -2.72. The molecule has 4 aliphatic carbocycles. The zero-order chi connectivity index (χ0) is 22.4. The Bertz CT molecular complexity index is 768. The van der Waals surface area contributed by atoms with E-state index < -0.39 is 45.5 Å². The molecule has 31 heavy (non-hydrogen) atoms. The highest BCUT2D eigenvalue weighted by Crippen LogP contribution is 2.74. The highest BCUT2D eigenvalue weighted by Gasteiger charge is 2.79. The van der Waals surface area contributed by atoms with Crippen LogP contribution in [-0.4, -0.2) is 52.4 Å². The minimum Gasteiger partial charge on any atom is -0.390 e. The van der Waals surface area contributed by atoms with Crippen LogP contribution in [0.2, 0.25) is 0 Å². The van der Waals surface area contributed by atoms with Gasteiger partial charge >= 0.3 is 0 Å². The average Bonchev–Trinajstić information content (AvgIpc) is 3.18. The molecule has 1 N–H and O–H groups in total. The highest BCUT2D eigenvalue weighted by molar-refractivity contribution is 7.99. The third-order valence-electron chi connectivity index (χ3n) is 10.1. The van der Waals surface area contributed by atoms with Gasteiger partial charge in [0.1, 0.15) is 22.6 Å². The van der Waals surface area contributed by atoms with Gasteiger partial charge in [-0.05, 0) is 44.3 Å².